The zero-order valence-corrected chi connectivity index (χ0v) is 12.1. The second-order valence-corrected chi connectivity index (χ2v) is 5.50. The van der Waals surface area contributed by atoms with E-state index < -0.39 is 0 Å². The number of hydrogen-bond acceptors (Lipinski definition) is 3. The number of aromatic nitrogens is 2. The molecule has 0 aliphatic rings. The molecule has 3 nitrogen and oxygen atoms in total. The quantitative estimate of drug-likeness (QED) is 0.734. The van der Waals surface area contributed by atoms with Gasteiger partial charge in [-0.2, -0.15) is 0 Å². The summed E-state index contributed by atoms with van der Waals surface area (Å²) in [4.78, 5) is 5.84. The molecule has 0 aliphatic heterocycles. The van der Waals surface area contributed by atoms with Gasteiger partial charge in [0, 0.05) is 10.4 Å². The van der Waals surface area contributed by atoms with Gasteiger partial charge < -0.3 is 10.3 Å². The number of hydrogen-bond donors (Lipinski definition) is 1. The van der Waals surface area contributed by atoms with E-state index in [0.29, 0.717) is 6.54 Å². The summed E-state index contributed by atoms with van der Waals surface area (Å²) in [6.07, 6.45) is 0. The Bertz CT molecular complexity index is 802. The number of benzene rings is 1. The van der Waals surface area contributed by atoms with Crippen molar-refractivity contribution in [2.75, 3.05) is 6.54 Å². The van der Waals surface area contributed by atoms with Gasteiger partial charge in [-0.1, -0.05) is 24.0 Å². The Balaban J connectivity index is 2.02. The van der Waals surface area contributed by atoms with Crippen LogP contribution in [0.1, 0.15) is 16.3 Å². The largest absolute Gasteiger partial charge is 0.323 e. The Hall–Kier alpha value is -2.09. The zero-order chi connectivity index (χ0) is 13.9. The number of nitrogens with two attached hydrogens (primary N) is 1. The Labute approximate surface area is 122 Å². The van der Waals surface area contributed by atoms with Crippen molar-refractivity contribution in [1.29, 1.82) is 0 Å². The number of imidazole rings is 1. The first kappa shape index (κ1) is 12.9. The molecule has 0 saturated carbocycles. The zero-order valence-electron chi connectivity index (χ0n) is 11.3. The normalized spacial score (nSPS) is 10.5. The molecule has 3 rings (SSSR count). The highest BCUT2D eigenvalue weighted by molar-refractivity contribution is 7.10. The molecule has 100 valence electrons. The average Bonchev–Trinajstić information content (AvgIpc) is 3.02. The summed E-state index contributed by atoms with van der Waals surface area (Å²) in [6.45, 7) is 3.24. The lowest BCUT2D eigenvalue weighted by atomic mass is 10.2. The van der Waals surface area contributed by atoms with Crippen molar-refractivity contribution >= 4 is 22.4 Å². The first-order valence-corrected chi connectivity index (χ1v) is 7.34. The van der Waals surface area contributed by atoms with Crippen LogP contribution in [0.4, 0.5) is 0 Å². The molecule has 0 unspecified atom stereocenters. The monoisotopic (exact) mass is 281 g/mol. The van der Waals surface area contributed by atoms with Crippen LogP contribution in [-0.2, 0) is 6.54 Å². The molecule has 0 saturated heterocycles. The van der Waals surface area contributed by atoms with Crippen LogP contribution in [0.15, 0.2) is 35.7 Å². The van der Waals surface area contributed by atoms with Crippen molar-refractivity contribution in [1.82, 2.24) is 9.55 Å². The summed E-state index contributed by atoms with van der Waals surface area (Å²) in [7, 11) is 0. The van der Waals surface area contributed by atoms with Gasteiger partial charge >= 0.3 is 0 Å². The number of fused-ring (bicyclic) bond motifs is 1. The number of aryl methyl sites for hydroxylation is 1. The second-order valence-electron chi connectivity index (χ2n) is 4.50. The molecule has 0 atom stereocenters. The topological polar surface area (TPSA) is 43.8 Å². The Morgan fingerprint density at radius 2 is 2.15 bits per heavy atom. The maximum Gasteiger partial charge on any atom is 0.107 e. The van der Waals surface area contributed by atoms with E-state index in [1.54, 1.807) is 11.3 Å². The van der Waals surface area contributed by atoms with Crippen LogP contribution < -0.4 is 5.73 Å². The molecule has 2 heterocycles. The predicted molar refractivity (Wildman–Crippen MR) is 83.8 cm³/mol. The van der Waals surface area contributed by atoms with Crippen LogP contribution in [0.25, 0.3) is 11.0 Å². The van der Waals surface area contributed by atoms with Gasteiger partial charge in [0.05, 0.1) is 24.1 Å². The highest BCUT2D eigenvalue weighted by Crippen LogP contribution is 2.22. The molecule has 1 aromatic carbocycles. The summed E-state index contributed by atoms with van der Waals surface area (Å²) in [5.41, 5.74) is 8.71. The van der Waals surface area contributed by atoms with Crippen molar-refractivity contribution in [3.8, 4) is 11.8 Å². The lowest BCUT2D eigenvalue weighted by Gasteiger charge is -2.05. The van der Waals surface area contributed by atoms with Crippen molar-refractivity contribution in [3.05, 3.63) is 52.0 Å². The van der Waals surface area contributed by atoms with E-state index in [1.807, 2.05) is 25.1 Å². The molecule has 2 aromatic heterocycles. The molecule has 0 spiro atoms. The summed E-state index contributed by atoms with van der Waals surface area (Å²) in [5.74, 6) is 7.08. The Kier molecular flexibility index (Phi) is 3.55. The molecular formula is C16H15N3S. The summed E-state index contributed by atoms with van der Waals surface area (Å²) in [5, 5.41) is 2.07. The van der Waals surface area contributed by atoms with Gasteiger partial charge in [0.15, 0.2) is 0 Å². The third kappa shape index (κ3) is 2.34. The Morgan fingerprint density at radius 3 is 3.00 bits per heavy atom. The number of rotatable bonds is 2. The molecule has 0 aliphatic carbocycles. The first-order chi connectivity index (χ1) is 9.79. The van der Waals surface area contributed by atoms with Crippen LogP contribution in [-0.4, -0.2) is 16.1 Å². The van der Waals surface area contributed by atoms with Crippen molar-refractivity contribution in [2.45, 2.75) is 13.5 Å². The second kappa shape index (κ2) is 5.49. The highest BCUT2D eigenvalue weighted by Gasteiger charge is 2.09. The molecule has 3 aromatic rings. The van der Waals surface area contributed by atoms with E-state index in [4.69, 9.17) is 5.73 Å². The van der Waals surface area contributed by atoms with Gasteiger partial charge in [-0.05, 0) is 30.5 Å². The fourth-order valence-electron chi connectivity index (χ4n) is 2.26. The van der Waals surface area contributed by atoms with E-state index in [9.17, 15) is 0 Å². The molecule has 2 N–H and O–H groups in total. The van der Waals surface area contributed by atoms with Crippen LogP contribution in [0, 0.1) is 18.8 Å². The van der Waals surface area contributed by atoms with E-state index in [2.05, 4.69) is 38.9 Å². The van der Waals surface area contributed by atoms with Crippen LogP contribution in [0.2, 0.25) is 0 Å². The molecule has 0 fully saturated rings. The van der Waals surface area contributed by atoms with Crippen molar-refractivity contribution < 1.29 is 0 Å². The minimum absolute atomic E-state index is 0.391. The van der Waals surface area contributed by atoms with E-state index in [0.717, 1.165) is 29.0 Å². The van der Waals surface area contributed by atoms with Gasteiger partial charge in [0.2, 0.25) is 0 Å². The first-order valence-electron chi connectivity index (χ1n) is 6.47. The van der Waals surface area contributed by atoms with Crippen LogP contribution >= 0.6 is 11.3 Å². The number of nitrogens with zero attached hydrogens (tertiary/aromatic N) is 2. The molecular weight excluding hydrogens is 266 g/mol. The summed E-state index contributed by atoms with van der Waals surface area (Å²) in [6, 6.07) is 10.3. The van der Waals surface area contributed by atoms with Crippen LogP contribution in [0.3, 0.4) is 0 Å². The summed E-state index contributed by atoms with van der Waals surface area (Å²) >= 11 is 1.72. The smallest absolute Gasteiger partial charge is 0.107 e. The van der Waals surface area contributed by atoms with Crippen molar-refractivity contribution in [2.24, 2.45) is 5.73 Å². The molecule has 0 bridgehead atoms. The fraction of sp³-hybridized carbons (Fsp3) is 0.188. The maximum atomic E-state index is 5.44. The van der Waals surface area contributed by atoms with Gasteiger partial charge in [-0.25, -0.2) is 4.98 Å². The van der Waals surface area contributed by atoms with E-state index in [-0.39, 0.29) is 0 Å². The fourth-order valence-corrected chi connectivity index (χ4v) is 3.08. The third-order valence-electron chi connectivity index (χ3n) is 3.22. The van der Waals surface area contributed by atoms with E-state index >= 15 is 0 Å². The highest BCUT2D eigenvalue weighted by atomic mass is 32.1. The molecule has 0 amide bonds. The Morgan fingerprint density at radius 1 is 1.30 bits per heavy atom. The summed E-state index contributed by atoms with van der Waals surface area (Å²) < 4.78 is 2.23. The third-order valence-corrected chi connectivity index (χ3v) is 4.12. The molecule has 4 heteroatoms. The van der Waals surface area contributed by atoms with Gasteiger partial charge in [-0.3, -0.25) is 0 Å². The van der Waals surface area contributed by atoms with Crippen LogP contribution in [0.5, 0.6) is 0 Å². The number of thiophene rings is 1. The van der Waals surface area contributed by atoms with E-state index in [1.165, 1.54) is 4.88 Å². The minimum atomic E-state index is 0.391. The van der Waals surface area contributed by atoms with Gasteiger partial charge in [0.1, 0.15) is 5.82 Å². The molecule has 20 heavy (non-hydrogen) atoms. The lowest BCUT2D eigenvalue weighted by molar-refractivity contribution is 0.796. The lowest BCUT2D eigenvalue weighted by Crippen LogP contribution is -2.01. The molecule has 0 radical (unpaired) electrons. The van der Waals surface area contributed by atoms with Gasteiger partial charge in [-0.15, -0.1) is 11.3 Å². The van der Waals surface area contributed by atoms with Gasteiger partial charge in [0.25, 0.3) is 0 Å². The minimum Gasteiger partial charge on any atom is -0.323 e. The average molecular weight is 281 g/mol. The SMILES string of the molecule is Cc1nc2ccccc2n1Cc1sccc1C#CCN. The predicted octanol–water partition coefficient (Wildman–Crippen LogP) is 2.76. The number of para-hydroxylation sites is 2. The maximum absolute atomic E-state index is 5.44. The van der Waals surface area contributed by atoms with Crippen molar-refractivity contribution in [3.63, 3.8) is 0 Å². The standard InChI is InChI=1S/C16H15N3S/c1-12-18-14-6-2-3-7-15(14)19(12)11-16-13(5-4-9-17)8-10-20-16/h2-3,6-8,10H,9,11,17H2,1H3.